The van der Waals surface area contributed by atoms with E-state index in [0.29, 0.717) is 6.61 Å². The van der Waals surface area contributed by atoms with E-state index in [9.17, 15) is 4.79 Å². The number of aliphatic carboxylic acids is 1. The summed E-state index contributed by atoms with van der Waals surface area (Å²) in [6.07, 6.45) is 3.44. The molecule has 128 valence electrons. The van der Waals surface area contributed by atoms with E-state index in [4.69, 9.17) is 9.84 Å². The molecule has 1 atom stereocenters. The Labute approximate surface area is 146 Å². The zero-order chi connectivity index (χ0) is 17.8. The number of aryl methyl sites for hydroxylation is 1. The molecule has 3 aromatic rings. The number of nitrogens with zero attached hydrogens (tertiary/aromatic N) is 2. The smallest absolute Gasteiger partial charge is 0.328 e. The van der Waals surface area contributed by atoms with Crippen molar-refractivity contribution < 1.29 is 14.6 Å². The average Bonchev–Trinajstić information content (AvgIpc) is 3.10. The quantitative estimate of drug-likeness (QED) is 0.736. The van der Waals surface area contributed by atoms with Gasteiger partial charge in [-0.1, -0.05) is 36.4 Å². The van der Waals surface area contributed by atoms with E-state index in [1.165, 1.54) is 4.68 Å². The first kappa shape index (κ1) is 16.8. The summed E-state index contributed by atoms with van der Waals surface area (Å²) in [7, 11) is 0. The number of aromatic nitrogens is 2. The van der Waals surface area contributed by atoms with Crippen LogP contribution in [-0.2, 0) is 11.4 Å². The summed E-state index contributed by atoms with van der Waals surface area (Å²) in [4.78, 5) is 11.1. The summed E-state index contributed by atoms with van der Waals surface area (Å²) < 4.78 is 7.30. The van der Waals surface area contributed by atoms with Gasteiger partial charge < -0.3 is 9.84 Å². The number of carboxylic acids is 1. The van der Waals surface area contributed by atoms with Crippen molar-refractivity contribution in [3.63, 3.8) is 0 Å². The maximum absolute atomic E-state index is 11.1. The lowest BCUT2D eigenvalue weighted by atomic mass is 10.0. The van der Waals surface area contributed by atoms with E-state index in [1.54, 1.807) is 19.3 Å². The molecule has 0 spiro atoms. The number of hydrogen-bond donors (Lipinski definition) is 1. The molecular formula is C20H20N2O3. The molecule has 5 nitrogen and oxygen atoms in total. The van der Waals surface area contributed by atoms with Gasteiger partial charge in [-0.2, -0.15) is 5.10 Å². The van der Waals surface area contributed by atoms with Crippen molar-refractivity contribution in [2.75, 3.05) is 0 Å². The van der Waals surface area contributed by atoms with Crippen LogP contribution in [-0.4, -0.2) is 20.9 Å². The molecule has 1 aromatic heterocycles. The van der Waals surface area contributed by atoms with Gasteiger partial charge in [-0.05, 0) is 42.7 Å². The minimum Gasteiger partial charge on any atom is -0.489 e. The van der Waals surface area contributed by atoms with Gasteiger partial charge in [0.25, 0.3) is 0 Å². The third-order valence-electron chi connectivity index (χ3n) is 4.11. The second-order valence-electron chi connectivity index (χ2n) is 5.97. The Balaban J connectivity index is 1.75. The highest BCUT2D eigenvalue weighted by Gasteiger charge is 2.15. The number of carboxylic acid groups (broad SMARTS) is 1. The van der Waals surface area contributed by atoms with Crippen molar-refractivity contribution >= 4 is 5.97 Å². The van der Waals surface area contributed by atoms with Crippen LogP contribution in [0.5, 0.6) is 5.75 Å². The van der Waals surface area contributed by atoms with Gasteiger partial charge >= 0.3 is 5.97 Å². The van der Waals surface area contributed by atoms with Crippen LogP contribution in [0.1, 0.15) is 24.1 Å². The van der Waals surface area contributed by atoms with Gasteiger partial charge in [-0.3, -0.25) is 4.68 Å². The molecule has 0 bridgehead atoms. The first-order valence-corrected chi connectivity index (χ1v) is 8.09. The van der Waals surface area contributed by atoms with Gasteiger partial charge in [0, 0.05) is 11.8 Å². The summed E-state index contributed by atoms with van der Waals surface area (Å²) in [6.45, 7) is 4.13. The maximum atomic E-state index is 11.1. The summed E-state index contributed by atoms with van der Waals surface area (Å²) in [5.41, 5.74) is 4.07. The predicted molar refractivity (Wildman–Crippen MR) is 95.5 cm³/mol. The van der Waals surface area contributed by atoms with Crippen molar-refractivity contribution in [3.8, 4) is 16.9 Å². The molecule has 0 aliphatic heterocycles. The lowest BCUT2D eigenvalue weighted by Crippen LogP contribution is -2.15. The van der Waals surface area contributed by atoms with Crippen molar-refractivity contribution in [1.29, 1.82) is 0 Å². The van der Waals surface area contributed by atoms with Crippen LogP contribution < -0.4 is 4.74 Å². The average molecular weight is 336 g/mol. The van der Waals surface area contributed by atoms with Gasteiger partial charge in [-0.15, -0.1) is 0 Å². The van der Waals surface area contributed by atoms with E-state index in [-0.39, 0.29) is 0 Å². The molecule has 25 heavy (non-hydrogen) atoms. The Hall–Kier alpha value is -3.08. The lowest BCUT2D eigenvalue weighted by molar-refractivity contribution is -0.140. The van der Waals surface area contributed by atoms with Gasteiger partial charge in [0.1, 0.15) is 18.4 Å². The molecular weight excluding hydrogens is 316 g/mol. The van der Waals surface area contributed by atoms with Crippen LogP contribution in [0.3, 0.4) is 0 Å². The van der Waals surface area contributed by atoms with Gasteiger partial charge in [-0.25, -0.2) is 4.79 Å². The van der Waals surface area contributed by atoms with Crippen molar-refractivity contribution in [2.24, 2.45) is 0 Å². The third kappa shape index (κ3) is 3.88. The van der Waals surface area contributed by atoms with E-state index in [0.717, 1.165) is 28.0 Å². The normalized spacial score (nSPS) is 11.9. The van der Waals surface area contributed by atoms with Crippen LogP contribution in [0.25, 0.3) is 11.1 Å². The van der Waals surface area contributed by atoms with Crippen LogP contribution in [0.2, 0.25) is 0 Å². The minimum absolute atomic E-state index is 0.522. The van der Waals surface area contributed by atoms with E-state index >= 15 is 0 Å². The molecule has 0 fully saturated rings. The Morgan fingerprint density at radius 2 is 2.00 bits per heavy atom. The van der Waals surface area contributed by atoms with Crippen molar-refractivity contribution in [1.82, 2.24) is 9.78 Å². The minimum atomic E-state index is -0.906. The van der Waals surface area contributed by atoms with Crippen LogP contribution in [0.15, 0.2) is 60.9 Å². The summed E-state index contributed by atoms with van der Waals surface area (Å²) in [5.74, 6) is -0.104. The second-order valence-corrected chi connectivity index (χ2v) is 5.97. The highest BCUT2D eigenvalue weighted by molar-refractivity contribution is 5.72. The molecule has 1 unspecified atom stereocenters. The number of rotatable bonds is 6. The topological polar surface area (TPSA) is 64.4 Å². The Morgan fingerprint density at radius 1 is 1.24 bits per heavy atom. The number of carbonyl (C=O) groups is 1. The number of hydrogen-bond acceptors (Lipinski definition) is 3. The SMILES string of the molecule is Cc1cc(OCc2ccccc2)ccc1-c1cnn(C(C)C(=O)O)c1. The Kier molecular flexibility index (Phi) is 4.84. The molecule has 3 rings (SSSR count). The van der Waals surface area contributed by atoms with Crippen molar-refractivity contribution in [3.05, 3.63) is 72.1 Å². The van der Waals surface area contributed by atoms with Crippen LogP contribution in [0, 0.1) is 6.92 Å². The highest BCUT2D eigenvalue weighted by Crippen LogP contribution is 2.27. The fourth-order valence-corrected chi connectivity index (χ4v) is 2.59. The van der Waals surface area contributed by atoms with Crippen LogP contribution >= 0.6 is 0 Å². The molecule has 0 saturated carbocycles. The second kappa shape index (κ2) is 7.21. The highest BCUT2D eigenvalue weighted by atomic mass is 16.5. The molecule has 2 aromatic carbocycles. The fraction of sp³-hybridized carbons (Fsp3) is 0.200. The molecule has 0 amide bonds. The first-order chi connectivity index (χ1) is 12.0. The summed E-state index contributed by atoms with van der Waals surface area (Å²) >= 11 is 0. The lowest BCUT2D eigenvalue weighted by Gasteiger charge is -2.10. The zero-order valence-corrected chi connectivity index (χ0v) is 14.2. The molecule has 5 heteroatoms. The molecule has 1 N–H and O–H groups in total. The van der Waals surface area contributed by atoms with Gasteiger partial charge in [0.15, 0.2) is 0 Å². The van der Waals surface area contributed by atoms with E-state index < -0.39 is 12.0 Å². The number of benzene rings is 2. The van der Waals surface area contributed by atoms with Gasteiger partial charge in [0.05, 0.1) is 6.20 Å². The van der Waals surface area contributed by atoms with Gasteiger partial charge in [0.2, 0.25) is 0 Å². The fourth-order valence-electron chi connectivity index (χ4n) is 2.59. The summed E-state index contributed by atoms with van der Waals surface area (Å²) in [5, 5.41) is 13.2. The van der Waals surface area contributed by atoms with Crippen LogP contribution in [0.4, 0.5) is 0 Å². The Bertz CT molecular complexity index is 872. The maximum Gasteiger partial charge on any atom is 0.328 e. The molecule has 1 heterocycles. The van der Waals surface area contributed by atoms with E-state index in [1.807, 2.05) is 55.5 Å². The largest absolute Gasteiger partial charge is 0.489 e. The molecule has 0 aliphatic rings. The van der Waals surface area contributed by atoms with E-state index in [2.05, 4.69) is 5.10 Å². The zero-order valence-electron chi connectivity index (χ0n) is 14.2. The predicted octanol–water partition coefficient (Wildman–Crippen LogP) is 4.08. The number of ether oxygens (including phenoxy) is 1. The summed E-state index contributed by atoms with van der Waals surface area (Å²) in [6, 6.07) is 15.2. The Morgan fingerprint density at radius 3 is 2.68 bits per heavy atom. The first-order valence-electron chi connectivity index (χ1n) is 8.09. The monoisotopic (exact) mass is 336 g/mol. The molecule has 0 saturated heterocycles. The third-order valence-corrected chi connectivity index (χ3v) is 4.11. The molecule has 0 radical (unpaired) electrons. The molecule has 0 aliphatic carbocycles. The standard InChI is InChI=1S/C20H20N2O3/c1-14-10-18(25-13-16-6-4-3-5-7-16)8-9-19(14)17-11-21-22(12-17)15(2)20(23)24/h3-12,15H,13H2,1-2H3,(H,23,24). The van der Waals surface area contributed by atoms with Crippen molar-refractivity contribution in [2.45, 2.75) is 26.5 Å².